The molecule has 1 saturated heterocycles. The highest BCUT2D eigenvalue weighted by atomic mass is 16.2. The minimum atomic E-state index is 0.251. The molecule has 1 aromatic rings. The van der Waals surface area contributed by atoms with Crippen LogP contribution in [0, 0.1) is 11.8 Å². The molecule has 1 aliphatic heterocycles. The quantitative estimate of drug-likeness (QED) is 0.859. The number of benzene rings is 1. The number of amides is 1. The second-order valence-corrected chi connectivity index (χ2v) is 6.73. The number of nitrogens with two attached hydrogens (primary N) is 1. The number of anilines is 1. The molecule has 1 amide bonds. The summed E-state index contributed by atoms with van der Waals surface area (Å²) in [5.74, 6) is 2.06. The fourth-order valence-electron chi connectivity index (χ4n) is 3.15. The second-order valence-electron chi connectivity index (χ2n) is 6.73. The molecule has 116 valence electrons. The summed E-state index contributed by atoms with van der Waals surface area (Å²) in [5, 5.41) is 0. The van der Waals surface area contributed by atoms with E-state index in [9.17, 15) is 4.79 Å². The van der Waals surface area contributed by atoms with Crippen molar-refractivity contribution in [3.63, 3.8) is 0 Å². The Balaban J connectivity index is 1.86. The van der Waals surface area contributed by atoms with Crippen LogP contribution < -0.4 is 5.73 Å². The van der Waals surface area contributed by atoms with Crippen LogP contribution >= 0.6 is 0 Å². The maximum Gasteiger partial charge on any atom is 0.223 e. The molecule has 1 heterocycles. The van der Waals surface area contributed by atoms with Gasteiger partial charge in [-0.25, -0.2) is 0 Å². The molecular formula is C18H28N2O. The largest absolute Gasteiger partial charge is 0.399 e. The maximum atomic E-state index is 12.4. The van der Waals surface area contributed by atoms with Gasteiger partial charge in [-0.2, -0.15) is 0 Å². The topological polar surface area (TPSA) is 46.3 Å². The van der Waals surface area contributed by atoms with Crippen molar-refractivity contribution >= 4 is 11.6 Å². The summed E-state index contributed by atoms with van der Waals surface area (Å²) in [6, 6.07) is 7.87. The molecule has 0 saturated carbocycles. The fraction of sp³-hybridized carbons (Fsp3) is 0.611. The van der Waals surface area contributed by atoms with E-state index in [0.29, 0.717) is 12.3 Å². The standard InChI is InChI=1S/C18H28N2O/c1-13(2)15-8-10-20(11-9-15)18(21)12-14(3)16-4-6-17(19)7-5-16/h4-7,13-15H,8-12,19H2,1-3H3. The first kappa shape index (κ1) is 15.9. The molecule has 1 fully saturated rings. The SMILES string of the molecule is CC(CC(=O)N1CCC(C(C)C)CC1)c1ccc(N)cc1. The smallest absolute Gasteiger partial charge is 0.223 e. The third-order valence-corrected chi connectivity index (χ3v) is 4.82. The number of hydrogen-bond donors (Lipinski definition) is 1. The lowest BCUT2D eigenvalue weighted by Crippen LogP contribution is -2.39. The highest BCUT2D eigenvalue weighted by Gasteiger charge is 2.25. The van der Waals surface area contributed by atoms with Gasteiger partial charge in [-0.15, -0.1) is 0 Å². The minimum absolute atomic E-state index is 0.251. The highest BCUT2D eigenvalue weighted by molar-refractivity contribution is 5.77. The number of nitrogens with zero attached hydrogens (tertiary/aromatic N) is 1. The number of rotatable bonds is 4. The molecule has 0 radical (unpaired) electrons. The van der Waals surface area contributed by atoms with Gasteiger partial charge in [0, 0.05) is 25.2 Å². The molecule has 2 N–H and O–H groups in total. The number of piperidine rings is 1. The van der Waals surface area contributed by atoms with Crippen LogP contribution in [0.3, 0.4) is 0 Å². The van der Waals surface area contributed by atoms with Crippen LogP contribution in [0.4, 0.5) is 5.69 Å². The van der Waals surface area contributed by atoms with Crippen molar-refractivity contribution in [2.75, 3.05) is 18.8 Å². The molecule has 1 aromatic carbocycles. The molecule has 3 heteroatoms. The van der Waals surface area contributed by atoms with E-state index in [2.05, 4.69) is 20.8 Å². The molecule has 0 bridgehead atoms. The van der Waals surface area contributed by atoms with Crippen molar-refractivity contribution < 1.29 is 4.79 Å². The van der Waals surface area contributed by atoms with Crippen molar-refractivity contribution in [2.45, 2.75) is 46.0 Å². The molecule has 0 aromatic heterocycles. The Hall–Kier alpha value is -1.51. The number of carbonyl (C=O) groups is 1. The lowest BCUT2D eigenvalue weighted by atomic mass is 9.86. The number of carbonyl (C=O) groups excluding carboxylic acids is 1. The van der Waals surface area contributed by atoms with Gasteiger partial charge >= 0.3 is 0 Å². The third-order valence-electron chi connectivity index (χ3n) is 4.82. The molecule has 2 rings (SSSR count). The summed E-state index contributed by atoms with van der Waals surface area (Å²) in [6.07, 6.45) is 2.90. The van der Waals surface area contributed by atoms with Crippen LogP contribution in [0.2, 0.25) is 0 Å². The van der Waals surface area contributed by atoms with Gasteiger partial charge in [-0.1, -0.05) is 32.9 Å². The van der Waals surface area contributed by atoms with Crippen LogP contribution in [-0.2, 0) is 4.79 Å². The molecule has 0 aliphatic carbocycles. The Morgan fingerprint density at radius 1 is 1.19 bits per heavy atom. The van der Waals surface area contributed by atoms with Crippen molar-refractivity contribution in [2.24, 2.45) is 11.8 Å². The minimum Gasteiger partial charge on any atom is -0.399 e. The summed E-state index contributed by atoms with van der Waals surface area (Å²) in [4.78, 5) is 14.5. The Kier molecular flexibility index (Phi) is 5.27. The van der Waals surface area contributed by atoms with E-state index in [1.165, 1.54) is 5.56 Å². The van der Waals surface area contributed by atoms with Gasteiger partial charge in [0.2, 0.25) is 5.91 Å². The number of likely N-dealkylation sites (tertiary alicyclic amines) is 1. The van der Waals surface area contributed by atoms with Gasteiger partial charge in [-0.3, -0.25) is 4.79 Å². The molecular weight excluding hydrogens is 260 g/mol. The van der Waals surface area contributed by atoms with Crippen molar-refractivity contribution in [3.05, 3.63) is 29.8 Å². The lowest BCUT2D eigenvalue weighted by Gasteiger charge is -2.34. The average Bonchev–Trinajstić information content (AvgIpc) is 2.47. The molecule has 1 atom stereocenters. The Labute approximate surface area is 128 Å². The lowest BCUT2D eigenvalue weighted by molar-refractivity contribution is -0.133. The summed E-state index contributed by atoms with van der Waals surface area (Å²) < 4.78 is 0. The first-order valence-electron chi connectivity index (χ1n) is 8.10. The second kappa shape index (κ2) is 6.97. The molecule has 21 heavy (non-hydrogen) atoms. The van der Waals surface area contributed by atoms with Gasteiger partial charge in [-0.05, 0) is 48.3 Å². The number of hydrogen-bond acceptors (Lipinski definition) is 2. The van der Waals surface area contributed by atoms with E-state index in [0.717, 1.165) is 43.5 Å². The number of nitrogen functional groups attached to an aromatic ring is 1. The maximum absolute atomic E-state index is 12.4. The van der Waals surface area contributed by atoms with Crippen LogP contribution in [-0.4, -0.2) is 23.9 Å². The third kappa shape index (κ3) is 4.23. The van der Waals surface area contributed by atoms with Gasteiger partial charge in [0.25, 0.3) is 0 Å². The van der Waals surface area contributed by atoms with E-state index in [1.807, 2.05) is 29.2 Å². The van der Waals surface area contributed by atoms with Crippen molar-refractivity contribution in [3.8, 4) is 0 Å². The van der Waals surface area contributed by atoms with E-state index >= 15 is 0 Å². The zero-order valence-corrected chi connectivity index (χ0v) is 13.5. The predicted molar refractivity (Wildman–Crippen MR) is 88.0 cm³/mol. The Morgan fingerprint density at radius 2 is 1.76 bits per heavy atom. The molecule has 0 spiro atoms. The molecule has 1 unspecified atom stereocenters. The van der Waals surface area contributed by atoms with Gasteiger partial charge < -0.3 is 10.6 Å². The predicted octanol–water partition coefficient (Wildman–Crippen LogP) is 3.66. The zero-order chi connectivity index (χ0) is 15.4. The average molecular weight is 288 g/mol. The summed E-state index contributed by atoms with van der Waals surface area (Å²) in [6.45, 7) is 8.53. The normalized spacial score (nSPS) is 18.0. The molecule has 3 nitrogen and oxygen atoms in total. The van der Waals surface area contributed by atoms with Gasteiger partial charge in [0.1, 0.15) is 0 Å². The van der Waals surface area contributed by atoms with Gasteiger partial charge in [0.05, 0.1) is 0 Å². The highest BCUT2D eigenvalue weighted by Crippen LogP contribution is 2.26. The Bertz CT molecular complexity index is 459. The van der Waals surface area contributed by atoms with E-state index in [-0.39, 0.29) is 5.92 Å². The van der Waals surface area contributed by atoms with Gasteiger partial charge in [0.15, 0.2) is 0 Å². The monoisotopic (exact) mass is 288 g/mol. The van der Waals surface area contributed by atoms with Crippen LogP contribution in [0.25, 0.3) is 0 Å². The van der Waals surface area contributed by atoms with Crippen molar-refractivity contribution in [1.82, 2.24) is 4.90 Å². The summed E-state index contributed by atoms with van der Waals surface area (Å²) in [5.41, 5.74) is 7.67. The fourth-order valence-corrected chi connectivity index (χ4v) is 3.15. The zero-order valence-electron chi connectivity index (χ0n) is 13.5. The molecule has 1 aliphatic rings. The van der Waals surface area contributed by atoms with Crippen molar-refractivity contribution in [1.29, 1.82) is 0 Å². The first-order chi connectivity index (χ1) is 9.97. The summed E-state index contributed by atoms with van der Waals surface area (Å²) >= 11 is 0. The van der Waals surface area contributed by atoms with Crippen LogP contribution in [0.5, 0.6) is 0 Å². The van der Waals surface area contributed by atoms with E-state index < -0.39 is 0 Å². The van der Waals surface area contributed by atoms with E-state index in [4.69, 9.17) is 5.73 Å². The van der Waals surface area contributed by atoms with E-state index in [1.54, 1.807) is 0 Å². The summed E-state index contributed by atoms with van der Waals surface area (Å²) in [7, 11) is 0. The Morgan fingerprint density at radius 3 is 2.29 bits per heavy atom. The van der Waals surface area contributed by atoms with Crippen LogP contribution in [0.15, 0.2) is 24.3 Å². The first-order valence-corrected chi connectivity index (χ1v) is 8.10. The van der Waals surface area contributed by atoms with Crippen LogP contribution in [0.1, 0.15) is 51.5 Å².